The molecule has 0 saturated heterocycles. The number of aliphatic hydroxyl groups is 2. The van der Waals surface area contributed by atoms with Crippen LogP contribution in [0.25, 0.3) is 22.0 Å². The van der Waals surface area contributed by atoms with Crippen LogP contribution in [0.2, 0.25) is 5.02 Å². The SMILES string of the molecule is CCNC(=O)c1cc2c(-c3cc(C(C)(O)CO)ccc3Oc3c(C)cc(F)cc3Cl)cn(C)c(=O)c2[nH]1. The number of aromatic nitrogens is 2. The summed E-state index contributed by atoms with van der Waals surface area (Å²) in [5, 5.41) is 23.7. The van der Waals surface area contributed by atoms with Gasteiger partial charge in [-0.05, 0) is 62.2 Å². The van der Waals surface area contributed by atoms with E-state index in [4.69, 9.17) is 16.3 Å². The largest absolute Gasteiger partial charge is 0.455 e. The van der Waals surface area contributed by atoms with Gasteiger partial charge in [0.25, 0.3) is 11.5 Å². The molecule has 0 radical (unpaired) electrons. The first kappa shape index (κ1) is 26.4. The quantitative estimate of drug-likeness (QED) is 0.285. The minimum Gasteiger partial charge on any atom is -0.455 e. The molecule has 0 fully saturated rings. The van der Waals surface area contributed by atoms with Crippen LogP contribution in [0.4, 0.5) is 4.39 Å². The highest BCUT2D eigenvalue weighted by Crippen LogP contribution is 2.42. The summed E-state index contributed by atoms with van der Waals surface area (Å²) < 4.78 is 21.4. The lowest BCUT2D eigenvalue weighted by atomic mass is 9.92. The molecule has 0 spiro atoms. The summed E-state index contributed by atoms with van der Waals surface area (Å²) in [7, 11) is 1.58. The van der Waals surface area contributed by atoms with Crippen LogP contribution in [0.3, 0.4) is 0 Å². The van der Waals surface area contributed by atoms with E-state index in [1.54, 1.807) is 51.4 Å². The Hall–Kier alpha value is -3.66. The molecule has 0 saturated carbocycles. The second kappa shape index (κ2) is 10.0. The van der Waals surface area contributed by atoms with Crippen LogP contribution in [0, 0.1) is 12.7 Å². The first-order valence-electron chi connectivity index (χ1n) is 11.6. The van der Waals surface area contributed by atoms with Gasteiger partial charge in [-0.15, -0.1) is 0 Å². The lowest BCUT2D eigenvalue weighted by molar-refractivity contribution is -0.00226. The van der Waals surface area contributed by atoms with Gasteiger partial charge in [-0.1, -0.05) is 17.7 Å². The number of amides is 1. The van der Waals surface area contributed by atoms with Gasteiger partial charge in [0.15, 0.2) is 0 Å². The number of halogens is 2. The summed E-state index contributed by atoms with van der Waals surface area (Å²) in [6, 6.07) is 8.84. The molecule has 0 aliphatic carbocycles. The van der Waals surface area contributed by atoms with Gasteiger partial charge >= 0.3 is 0 Å². The number of aliphatic hydroxyl groups excluding tert-OH is 1. The molecule has 37 heavy (non-hydrogen) atoms. The third kappa shape index (κ3) is 4.98. The van der Waals surface area contributed by atoms with E-state index in [9.17, 15) is 24.2 Å². The molecule has 4 rings (SSSR count). The topological polar surface area (TPSA) is 117 Å². The highest BCUT2D eigenvalue weighted by atomic mass is 35.5. The Morgan fingerprint density at radius 3 is 2.62 bits per heavy atom. The van der Waals surface area contributed by atoms with Crippen molar-refractivity contribution in [3.05, 3.63) is 80.6 Å². The van der Waals surface area contributed by atoms with Gasteiger partial charge in [-0.3, -0.25) is 9.59 Å². The van der Waals surface area contributed by atoms with Crippen LogP contribution in [0.1, 0.15) is 35.5 Å². The second-order valence-electron chi connectivity index (χ2n) is 9.07. The van der Waals surface area contributed by atoms with Crippen molar-refractivity contribution in [2.24, 2.45) is 7.05 Å². The number of nitrogens with one attached hydrogen (secondary N) is 2. The van der Waals surface area contributed by atoms with Crippen LogP contribution in [0.15, 0.2) is 47.4 Å². The molecule has 2 heterocycles. The van der Waals surface area contributed by atoms with Gasteiger partial charge in [-0.25, -0.2) is 4.39 Å². The van der Waals surface area contributed by atoms with Crippen molar-refractivity contribution < 1.29 is 24.1 Å². The molecule has 4 N–H and O–H groups in total. The fraction of sp³-hybridized carbons (Fsp3) is 0.259. The maximum Gasteiger partial charge on any atom is 0.274 e. The van der Waals surface area contributed by atoms with Crippen LogP contribution >= 0.6 is 11.6 Å². The lowest BCUT2D eigenvalue weighted by Gasteiger charge is -2.23. The molecule has 194 valence electrons. The average molecular weight is 528 g/mol. The molecule has 2 aromatic carbocycles. The first-order valence-corrected chi connectivity index (χ1v) is 12.0. The number of rotatable bonds is 7. The molecule has 4 aromatic rings. The number of carbonyl (C=O) groups excluding carboxylic acids is 1. The number of fused-ring (bicyclic) bond motifs is 1. The molecule has 1 unspecified atom stereocenters. The second-order valence-corrected chi connectivity index (χ2v) is 9.48. The number of aromatic amines is 1. The minimum absolute atomic E-state index is 0.0701. The van der Waals surface area contributed by atoms with Crippen LogP contribution in [0.5, 0.6) is 11.5 Å². The number of hydrogen-bond acceptors (Lipinski definition) is 5. The first-order chi connectivity index (χ1) is 17.5. The fourth-order valence-electron chi connectivity index (χ4n) is 4.11. The van der Waals surface area contributed by atoms with Crippen molar-refractivity contribution >= 4 is 28.4 Å². The Morgan fingerprint density at radius 2 is 1.97 bits per heavy atom. The van der Waals surface area contributed by atoms with Gasteiger partial charge in [-0.2, -0.15) is 0 Å². The van der Waals surface area contributed by atoms with E-state index in [0.29, 0.717) is 39.9 Å². The molecule has 1 atom stereocenters. The van der Waals surface area contributed by atoms with Gasteiger partial charge < -0.3 is 29.8 Å². The highest BCUT2D eigenvalue weighted by molar-refractivity contribution is 6.32. The number of pyridine rings is 1. The number of nitrogens with zero attached hydrogens (tertiary/aromatic N) is 1. The summed E-state index contributed by atoms with van der Waals surface area (Å²) in [5.41, 5.74) is 0.336. The zero-order chi connectivity index (χ0) is 27.1. The molecule has 0 bridgehead atoms. The Balaban J connectivity index is 2.01. The van der Waals surface area contributed by atoms with Gasteiger partial charge in [0.05, 0.1) is 11.6 Å². The summed E-state index contributed by atoms with van der Waals surface area (Å²) in [6.07, 6.45) is 1.60. The predicted molar refractivity (Wildman–Crippen MR) is 140 cm³/mol. The van der Waals surface area contributed by atoms with Crippen molar-refractivity contribution in [2.75, 3.05) is 13.2 Å². The Labute approximate surface area is 217 Å². The number of aryl methyl sites for hydroxylation is 2. The normalized spacial score (nSPS) is 13.0. The van der Waals surface area contributed by atoms with Crippen molar-refractivity contribution in [3.8, 4) is 22.6 Å². The van der Waals surface area contributed by atoms with Crippen LogP contribution in [-0.4, -0.2) is 38.8 Å². The molecule has 0 aliphatic rings. The third-order valence-electron chi connectivity index (χ3n) is 6.15. The van der Waals surface area contributed by atoms with E-state index in [0.717, 1.165) is 6.07 Å². The van der Waals surface area contributed by atoms with E-state index < -0.39 is 18.0 Å². The fourth-order valence-corrected chi connectivity index (χ4v) is 4.40. The van der Waals surface area contributed by atoms with Gasteiger partial charge in [0.2, 0.25) is 0 Å². The molecular formula is C27H27ClFN3O5. The Morgan fingerprint density at radius 1 is 1.24 bits per heavy atom. The summed E-state index contributed by atoms with van der Waals surface area (Å²) >= 11 is 6.29. The average Bonchev–Trinajstić information content (AvgIpc) is 3.30. The van der Waals surface area contributed by atoms with E-state index in [2.05, 4.69) is 10.3 Å². The van der Waals surface area contributed by atoms with Gasteiger partial charge in [0.1, 0.15) is 34.1 Å². The van der Waals surface area contributed by atoms with E-state index >= 15 is 0 Å². The number of H-pyrrole nitrogens is 1. The molecule has 1 amide bonds. The Bertz CT molecular complexity index is 1550. The summed E-state index contributed by atoms with van der Waals surface area (Å²) in [4.78, 5) is 28.3. The number of carbonyl (C=O) groups is 1. The van der Waals surface area contributed by atoms with Crippen molar-refractivity contribution in [2.45, 2.75) is 26.4 Å². The smallest absolute Gasteiger partial charge is 0.274 e. The minimum atomic E-state index is -1.57. The van der Waals surface area contributed by atoms with Gasteiger partial charge in [0, 0.05) is 36.3 Å². The molecule has 10 heteroatoms. The highest BCUT2D eigenvalue weighted by Gasteiger charge is 2.26. The van der Waals surface area contributed by atoms with Crippen molar-refractivity contribution in [1.29, 1.82) is 0 Å². The zero-order valence-electron chi connectivity index (χ0n) is 20.8. The van der Waals surface area contributed by atoms with Crippen LogP contribution in [-0.2, 0) is 12.6 Å². The Kier molecular flexibility index (Phi) is 7.14. The number of ether oxygens (including phenoxy) is 1. The monoisotopic (exact) mass is 527 g/mol. The lowest BCUT2D eigenvalue weighted by Crippen LogP contribution is -2.25. The predicted octanol–water partition coefficient (Wildman–Crippen LogP) is 4.38. The third-order valence-corrected chi connectivity index (χ3v) is 6.43. The van der Waals surface area contributed by atoms with E-state index in [1.165, 1.54) is 17.6 Å². The molecular weight excluding hydrogens is 501 g/mol. The zero-order valence-corrected chi connectivity index (χ0v) is 21.5. The van der Waals surface area contributed by atoms with Crippen molar-refractivity contribution in [1.82, 2.24) is 14.9 Å². The summed E-state index contributed by atoms with van der Waals surface area (Å²) in [6.45, 7) is 4.78. The number of hydrogen-bond donors (Lipinski definition) is 4. The van der Waals surface area contributed by atoms with Crippen LogP contribution < -0.4 is 15.6 Å². The maximum atomic E-state index is 13.8. The molecule has 8 nitrogen and oxygen atoms in total. The summed E-state index contributed by atoms with van der Waals surface area (Å²) in [5.74, 6) is -0.331. The molecule has 2 aromatic heterocycles. The van der Waals surface area contributed by atoms with E-state index in [1.807, 2.05) is 0 Å². The standard InChI is InChI=1S/C27H27ClFN3O5/c1-5-30-25(34)21-11-18-19(12-32(4)26(35)23(18)31-21)17-9-15(27(3,36)13-33)6-7-22(17)37-24-14(2)8-16(29)10-20(24)28/h6-12,31,33,36H,5,13H2,1-4H3,(H,30,34). The maximum absolute atomic E-state index is 13.8. The van der Waals surface area contributed by atoms with Crippen molar-refractivity contribution in [3.63, 3.8) is 0 Å². The molecule has 0 aliphatic heterocycles. The van der Waals surface area contributed by atoms with E-state index in [-0.39, 0.29) is 33.4 Å². The number of benzene rings is 2.